The summed E-state index contributed by atoms with van der Waals surface area (Å²) in [5, 5.41) is 7.09. The fraction of sp³-hybridized carbons (Fsp3) is 0.333. The van der Waals surface area contributed by atoms with Crippen molar-refractivity contribution in [3.8, 4) is 0 Å². The number of hydrogen-bond acceptors (Lipinski definition) is 3. The molecular weight excluding hydrogens is 252 g/mol. The third kappa shape index (κ3) is 4.51. The summed E-state index contributed by atoms with van der Waals surface area (Å²) < 4.78 is 1.81. The van der Waals surface area contributed by atoms with E-state index in [-0.39, 0.29) is 5.91 Å². The summed E-state index contributed by atoms with van der Waals surface area (Å²) in [6.45, 7) is 1.33. The highest BCUT2D eigenvalue weighted by Crippen LogP contribution is 2.09. The number of amides is 1. The summed E-state index contributed by atoms with van der Waals surface area (Å²) in [5.74, 6) is 0.0118. The number of nitrogens with two attached hydrogens (primary N) is 1. The number of anilines is 1. The number of nitrogens with zero attached hydrogens (tertiary/aromatic N) is 2. The molecule has 1 heterocycles. The van der Waals surface area contributed by atoms with Crippen LogP contribution in [0.15, 0.2) is 42.7 Å². The summed E-state index contributed by atoms with van der Waals surface area (Å²) in [6, 6.07) is 10.1. The lowest BCUT2D eigenvalue weighted by molar-refractivity contribution is -0.116. The first kappa shape index (κ1) is 14.3. The molecule has 20 heavy (non-hydrogen) atoms. The smallest absolute Gasteiger partial charge is 0.224 e. The SMILES string of the molecule is NCCCCC(=O)Nc1cnn(Cc2ccccc2)c1. The third-order valence-electron chi connectivity index (χ3n) is 2.96. The fourth-order valence-corrected chi connectivity index (χ4v) is 1.94. The van der Waals surface area contributed by atoms with Gasteiger partial charge in [-0.25, -0.2) is 0 Å². The maximum absolute atomic E-state index is 11.7. The van der Waals surface area contributed by atoms with Crippen LogP contribution in [0.2, 0.25) is 0 Å². The van der Waals surface area contributed by atoms with Crippen LogP contribution in [-0.4, -0.2) is 22.2 Å². The lowest BCUT2D eigenvalue weighted by Gasteiger charge is -2.02. The Morgan fingerprint density at radius 3 is 2.80 bits per heavy atom. The van der Waals surface area contributed by atoms with Gasteiger partial charge >= 0.3 is 0 Å². The van der Waals surface area contributed by atoms with Gasteiger partial charge in [-0.1, -0.05) is 30.3 Å². The summed E-state index contributed by atoms with van der Waals surface area (Å²) in [6.07, 6.45) is 5.71. The Morgan fingerprint density at radius 1 is 1.25 bits per heavy atom. The molecular formula is C15H20N4O. The molecule has 3 N–H and O–H groups in total. The molecule has 1 amide bonds. The Balaban J connectivity index is 1.84. The number of unbranched alkanes of at least 4 members (excludes halogenated alkanes) is 1. The van der Waals surface area contributed by atoms with Crippen LogP contribution in [0.3, 0.4) is 0 Å². The Hall–Kier alpha value is -2.14. The second kappa shape index (κ2) is 7.45. The number of aromatic nitrogens is 2. The Labute approximate surface area is 118 Å². The van der Waals surface area contributed by atoms with E-state index in [2.05, 4.69) is 10.4 Å². The molecule has 0 fully saturated rings. The molecule has 1 aromatic carbocycles. The van der Waals surface area contributed by atoms with Crippen LogP contribution in [0.4, 0.5) is 5.69 Å². The first-order valence-electron chi connectivity index (χ1n) is 6.84. The van der Waals surface area contributed by atoms with Crippen molar-refractivity contribution in [2.45, 2.75) is 25.8 Å². The van der Waals surface area contributed by atoms with Crippen molar-refractivity contribution in [1.82, 2.24) is 9.78 Å². The second-order valence-electron chi connectivity index (χ2n) is 4.71. The molecule has 2 aromatic rings. The van der Waals surface area contributed by atoms with Crippen molar-refractivity contribution in [2.24, 2.45) is 5.73 Å². The van der Waals surface area contributed by atoms with Crippen molar-refractivity contribution >= 4 is 11.6 Å². The molecule has 5 heteroatoms. The minimum atomic E-state index is 0.0118. The molecule has 0 saturated carbocycles. The fourth-order valence-electron chi connectivity index (χ4n) is 1.94. The maximum atomic E-state index is 11.7. The van der Waals surface area contributed by atoms with Crippen LogP contribution in [0.1, 0.15) is 24.8 Å². The van der Waals surface area contributed by atoms with Crippen molar-refractivity contribution in [3.63, 3.8) is 0 Å². The lowest BCUT2D eigenvalue weighted by atomic mass is 10.2. The highest BCUT2D eigenvalue weighted by molar-refractivity contribution is 5.90. The largest absolute Gasteiger partial charge is 0.330 e. The number of carbonyl (C=O) groups excluding carboxylic acids is 1. The minimum Gasteiger partial charge on any atom is -0.330 e. The van der Waals surface area contributed by atoms with E-state index in [0.717, 1.165) is 18.5 Å². The van der Waals surface area contributed by atoms with Crippen molar-refractivity contribution in [3.05, 3.63) is 48.3 Å². The van der Waals surface area contributed by atoms with Gasteiger partial charge in [0, 0.05) is 12.6 Å². The van der Waals surface area contributed by atoms with E-state index in [0.29, 0.717) is 19.5 Å². The van der Waals surface area contributed by atoms with Gasteiger partial charge in [0.05, 0.1) is 18.4 Å². The van der Waals surface area contributed by atoms with Gasteiger partial charge in [0.2, 0.25) is 5.91 Å². The molecule has 0 aliphatic carbocycles. The number of carbonyl (C=O) groups is 1. The first-order valence-corrected chi connectivity index (χ1v) is 6.84. The topological polar surface area (TPSA) is 72.9 Å². The molecule has 0 spiro atoms. The van der Waals surface area contributed by atoms with Crippen LogP contribution < -0.4 is 11.1 Å². The molecule has 0 aliphatic heterocycles. The zero-order valence-electron chi connectivity index (χ0n) is 11.5. The first-order chi connectivity index (χ1) is 9.78. The molecule has 5 nitrogen and oxygen atoms in total. The van der Waals surface area contributed by atoms with E-state index < -0.39 is 0 Å². The van der Waals surface area contributed by atoms with E-state index in [9.17, 15) is 4.79 Å². The van der Waals surface area contributed by atoms with Crippen LogP contribution >= 0.6 is 0 Å². The summed E-state index contributed by atoms with van der Waals surface area (Å²) in [7, 11) is 0. The number of hydrogen-bond donors (Lipinski definition) is 2. The van der Waals surface area contributed by atoms with E-state index in [4.69, 9.17) is 5.73 Å². The molecule has 0 saturated heterocycles. The van der Waals surface area contributed by atoms with Gasteiger partial charge in [-0.15, -0.1) is 0 Å². The number of nitrogens with one attached hydrogen (secondary N) is 1. The monoisotopic (exact) mass is 272 g/mol. The van der Waals surface area contributed by atoms with E-state index >= 15 is 0 Å². The predicted octanol–water partition coefficient (Wildman–Crippen LogP) is 2.00. The molecule has 0 bridgehead atoms. The van der Waals surface area contributed by atoms with Crippen LogP contribution in [-0.2, 0) is 11.3 Å². The summed E-state index contributed by atoms with van der Waals surface area (Å²) in [4.78, 5) is 11.7. The van der Waals surface area contributed by atoms with Gasteiger partial charge in [0.25, 0.3) is 0 Å². The maximum Gasteiger partial charge on any atom is 0.224 e. The normalized spacial score (nSPS) is 10.4. The molecule has 106 valence electrons. The molecule has 0 aliphatic rings. The number of benzene rings is 1. The quantitative estimate of drug-likeness (QED) is 0.757. The Bertz CT molecular complexity index is 536. The zero-order valence-corrected chi connectivity index (χ0v) is 11.5. The van der Waals surface area contributed by atoms with Crippen molar-refractivity contribution in [2.75, 3.05) is 11.9 Å². The van der Waals surface area contributed by atoms with Crippen molar-refractivity contribution in [1.29, 1.82) is 0 Å². The van der Waals surface area contributed by atoms with Crippen LogP contribution in [0.25, 0.3) is 0 Å². The van der Waals surface area contributed by atoms with Gasteiger partial charge in [-0.2, -0.15) is 5.10 Å². The summed E-state index contributed by atoms with van der Waals surface area (Å²) >= 11 is 0. The summed E-state index contributed by atoms with van der Waals surface area (Å²) in [5.41, 5.74) is 7.31. The molecule has 1 aromatic heterocycles. The molecule has 0 radical (unpaired) electrons. The second-order valence-corrected chi connectivity index (χ2v) is 4.71. The lowest BCUT2D eigenvalue weighted by Crippen LogP contribution is -2.11. The van der Waals surface area contributed by atoms with E-state index in [1.165, 1.54) is 5.56 Å². The Kier molecular flexibility index (Phi) is 5.32. The van der Waals surface area contributed by atoms with Gasteiger partial charge < -0.3 is 11.1 Å². The van der Waals surface area contributed by atoms with E-state index in [1.807, 2.05) is 41.2 Å². The standard InChI is InChI=1S/C15H20N4O/c16-9-5-4-8-15(20)18-14-10-17-19(12-14)11-13-6-2-1-3-7-13/h1-3,6-7,10,12H,4-5,8-9,11,16H2,(H,18,20). The predicted molar refractivity (Wildman–Crippen MR) is 79.3 cm³/mol. The van der Waals surface area contributed by atoms with Crippen molar-refractivity contribution < 1.29 is 4.79 Å². The van der Waals surface area contributed by atoms with Crippen LogP contribution in [0.5, 0.6) is 0 Å². The molecule has 0 atom stereocenters. The average molecular weight is 272 g/mol. The van der Waals surface area contributed by atoms with Gasteiger partial charge in [0.1, 0.15) is 0 Å². The molecule has 0 unspecified atom stereocenters. The Morgan fingerprint density at radius 2 is 2.05 bits per heavy atom. The van der Waals surface area contributed by atoms with Gasteiger partial charge in [-0.3, -0.25) is 9.48 Å². The number of rotatable bonds is 7. The third-order valence-corrected chi connectivity index (χ3v) is 2.96. The highest BCUT2D eigenvalue weighted by Gasteiger charge is 2.04. The van der Waals surface area contributed by atoms with E-state index in [1.54, 1.807) is 6.20 Å². The molecule has 2 rings (SSSR count). The minimum absolute atomic E-state index is 0.0118. The zero-order chi connectivity index (χ0) is 14.2. The van der Waals surface area contributed by atoms with Gasteiger partial charge in [0.15, 0.2) is 0 Å². The van der Waals surface area contributed by atoms with Gasteiger partial charge in [-0.05, 0) is 24.9 Å². The van der Waals surface area contributed by atoms with Crippen LogP contribution in [0, 0.1) is 0 Å². The highest BCUT2D eigenvalue weighted by atomic mass is 16.1. The average Bonchev–Trinajstić information content (AvgIpc) is 2.87.